The second kappa shape index (κ2) is 6.22. The summed E-state index contributed by atoms with van der Waals surface area (Å²) in [5, 5.41) is 8.77. The van der Waals surface area contributed by atoms with E-state index in [9.17, 15) is 4.79 Å². The van der Waals surface area contributed by atoms with Crippen LogP contribution in [0.15, 0.2) is 24.3 Å². The molecule has 16 heavy (non-hydrogen) atoms. The number of aliphatic hydroxyl groups excluding tert-OH is 1. The van der Waals surface area contributed by atoms with Crippen LogP contribution in [0.2, 0.25) is 0 Å². The van der Waals surface area contributed by atoms with Crippen LogP contribution in [0, 0.1) is 0 Å². The van der Waals surface area contributed by atoms with Gasteiger partial charge in [0.15, 0.2) is 0 Å². The lowest BCUT2D eigenvalue weighted by Crippen LogP contribution is -2.30. The molecule has 0 heterocycles. The summed E-state index contributed by atoms with van der Waals surface area (Å²) in [6, 6.07) is 7.24. The standard InChI is InChI=1S/C11H17N3O2/c1-14(5-6-15)8-9-3-2-4-10(7-9)11(16)13-12/h2-4,7,15H,5-6,8,12H2,1H3,(H,13,16). The van der Waals surface area contributed by atoms with Crippen LogP contribution in [0.1, 0.15) is 15.9 Å². The van der Waals surface area contributed by atoms with Crippen LogP contribution in [-0.2, 0) is 6.54 Å². The molecule has 0 aliphatic rings. The van der Waals surface area contributed by atoms with Crippen molar-refractivity contribution in [1.82, 2.24) is 10.3 Å². The van der Waals surface area contributed by atoms with Gasteiger partial charge in [-0.15, -0.1) is 0 Å². The van der Waals surface area contributed by atoms with Crippen molar-refractivity contribution >= 4 is 5.91 Å². The first kappa shape index (κ1) is 12.6. The average molecular weight is 223 g/mol. The molecule has 0 aliphatic carbocycles. The van der Waals surface area contributed by atoms with Gasteiger partial charge >= 0.3 is 0 Å². The highest BCUT2D eigenvalue weighted by atomic mass is 16.3. The molecular weight excluding hydrogens is 206 g/mol. The van der Waals surface area contributed by atoms with E-state index in [-0.39, 0.29) is 12.5 Å². The summed E-state index contributed by atoms with van der Waals surface area (Å²) in [4.78, 5) is 13.3. The normalized spacial score (nSPS) is 10.5. The lowest BCUT2D eigenvalue weighted by atomic mass is 10.1. The number of nitrogens with zero attached hydrogens (tertiary/aromatic N) is 1. The fraction of sp³-hybridized carbons (Fsp3) is 0.364. The number of hydrogen-bond acceptors (Lipinski definition) is 4. The molecule has 0 saturated heterocycles. The van der Waals surface area contributed by atoms with Crippen molar-refractivity contribution in [2.45, 2.75) is 6.54 Å². The summed E-state index contributed by atoms with van der Waals surface area (Å²) in [7, 11) is 1.91. The molecule has 0 aromatic heterocycles. The predicted octanol–water partition coefficient (Wildman–Crippen LogP) is -0.286. The lowest BCUT2D eigenvalue weighted by molar-refractivity contribution is 0.0953. The molecule has 0 spiro atoms. The number of nitrogen functional groups attached to an aromatic ring is 1. The van der Waals surface area contributed by atoms with Crippen LogP contribution in [0.25, 0.3) is 0 Å². The number of nitrogens with one attached hydrogen (secondary N) is 1. The van der Waals surface area contributed by atoms with Crippen molar-refractivity contribution in [1.29, 1.82) is 0 Å². The van der Waals surface area contributed by atoms with Crippen LogP contribution in [0.3, 0.4) is 0 Å². The van der Waals surface area contributed by atoms with Crippen molar-refractivity contribution in [2.75, 3.05) is 20.2 Å². The Morgan fingerprint density at radius 1 is 1.56 bits per heavy atom. The fourth-order valence-electron chi connectivity index (χ4n) is 1.46. The number of hydrogen-bond donors (Lipinski definition) is 3. The Morgan fingerprint density at radius 3 is 2.94 bits per heavy atom. The second-order valence-corrected chi connectivity index (χ2v) is 3.64. The molecule has 1 aromatic carbocycles. The molecule has 0 atom stereocenters. The van der Waals surface area contributed by atoms with Gasteiger partial charge in [0.1, 0.15) is 0 Å². The molecule has 0 radical (unpaired) electrons. The maximum atomic E-state index is 11.3. The number of likely N-dealkylation sites (N-methyl/N-ethyl adjacent to an activating group) is 1. The molecular formula is C11H17N3O2. The van der Waals surface area contributed by atoms with Gasteiger partial charge < -0.3 is 5.11 Å². The Labute approximate surface area is 94.8 Å². The molecule has 1 aromatic rings. The van der Waals surface area contributed by atoms with E-state index < -0.39 is 0 Å². The SMILES string of the molecule is CN(CCO)Cc1cccc(C(=O)NN)c1. The van der Waals surface area contributed by atoms with Gasteiger partial charge in [0, 0.05) is 18.7 Å². The summed E-state index contributed by atoms with van der Waals surface area (Å²) in [5.41, 5.74) is 3.64. The summed E-state index contributed by atoms with van der Waals surface area (Å²) in [5.74, 6) is 4.76. The molecule has 0 unspecified atom stereocenters. The molecule has 88 valence electrons. The third-order valence-corrected chi connectivity index (χ3v) is 2.25. The molecule has 1 rings (SSSR count). The Hall–Kier alpha value is -1.43. The van der Waals surface area contributed by atoms with Gasteiger partial charge in [-0.3, -0.25) is 15.1 Å². The molecule has 4 N–H and O–H groups in total. The van der Waals surface area contributed by atoms with Gasteiger partial charge in [-0.1, -0.05) is 12.1 Å². The zero-order valence-corrected chi connectivity index (χ0v) is 9.31. The number of amides is 1. The van der Waals surface area contributed by atoms with E-state index in [1.165, 1.54) is 0 Å². The van der Waals surface area contributed by atoms with Gasteiger partial charge in [-0.2, -0.15) is 0 Å². The molecule has 5 nitrogen and oxygen atoms in total. The van der Waals surface area contributed by atoms with Crippen molar-refractivity contribution in [3.63, 3.8) is 0 Å². The van der Waals surface area contributed by atoms with E-state index >= 15 is 0 Å². The van der Waals surface area contributed by atoms with E-state index in [0.29, 0.717) is 18.7 Å². The minimum absolute atomic E-state index is 0.124. The van der Waals surface area contributed by atoms with Crippen LogP contribution in [-0.4, -0.2) is 36.1 Å². The highest BCUT2D eigenvalue weighted by Crippen LogP contribution is 2.07. The lowest BCUT2D eigenvalue weighted by Gasteiger charge is -2.15. The Morgan fingerprint density at radius 2 is 2.31 bits per heavy atom. The number of aliphatic hydroxyl groups is 1. The van der Waals surface area contributed by atoms with Crippen molar-refractivity contribution in [3.8, 4) is 0 Å². The van der Waals surface area contributed by atoms with Crippen molar-refractivity contribution < 1.29 is 9.90 Å². The topological polar surface area (TPSA) is 78.6 Å². The highest BCUT2D eigenvalue weighted by Gasteiger charge is 2.05. The summed E-state index contributed by atoms with van der Waals surface area (Å²) >= 11 is 0. The molecule has 0 bridgehead atoms. The smallest absolute Gasteiger partial charge is 0.265 e. The van der Waals surface area contributed by atoms with Crippen LogP contribution >= 0.6 is 0 Å². The Balaban J connectivity index is 2.70. The van der Waals surface area contributed by atoms with Crippen LogP contribution < -0.4 is 11.3 Å². The average Bonchev–Trinajstić information content (AvgIpc) is 2.28. The number of hydrazine groups is 1. The van der Waals surface area contributed by atoms with Crippen LogP contribution in [0.5, 0.6) is 0 Å². The van der Waals surface area contributed by atoms with E-state index in [2.05, 4.69) is 5.43 Å². The third kappa shape index (κ3) is 3.62. The Kier molecular flexibility index (Phi) is 4.91. The first-order valence-electron chi connectivity index (χ1n) is 5.06. The first-order valence-corrected chi connectivity index (χ1v) is 5.06. The van der Waals surface area contributed by atoms with E-state index in [1.54, 1.807) is 12.1 Å². The monoisotopic (exact) mass is 223 g/mol. The van der Waals surface area contributed by atoms with E-state index in [4.69, 9.17) is 10.9 Å². The minimum atomic E-state index is -0.299. The molecule has 5 heteroatoms. The maximum absolute atomic E-state index is 11.3. The quantitative estimate of drug-likeness (QED) is 0.364. The molecule has 0 fully saturated rings. The third-order valence-electron chi connectivity index (χ3n) is 2.25. The highest BCUT2D eigenvalue weighted by molar-refractivity contribution is 5.93. The largest absolute Gasteiger partial charge is 0.395 e. The van der Waals surface area contributed by atoms with E-state index in [0.717, 1.165) is 5.56 Å². The van der Waals surface area contributed by atoms with Crippen molar-refractivity contribution in [2.24, 2.45) is 5.84 Å². The number of carbonyl (C=O) groups is 1. The van der Waals surface area contributed by atoms with Gasteiger partial charge in [0.05, 0.1) is 6.61 Å². The zero-order valence-electron chi connectivity index (χ0n) is 9.31. The number of carbonyl (C=O) groups excluding carboxylic acids is 1. The summed E-state index contributed by atoms with van der Waals surface area (Å²) < 4.78 is 0. The number of rotatable bonds is 5. The molecule has 0 saturated carbocycles. The van der Waals surface area contributed by atoms with Gasteiger partial charge in [0.25, 0.3) is 5.91 Å². The van der Waals surface area contributed by atoms with Gasteiger partial charge in [-0.05, 0) is 24.7 Å². The number of nitrogens with two attached hydrogens (primary N) is 1. The predicted molar refractivity (Wildman–Crippen MR) is 61.5 cm³/mol. The van der Waals surface area contributed by atoms with Gasteiger partial charge in [-0.25, -0.2) is 5.84 Å². The summed E-state index contributed by atoms with van der Waals surface area (Å²) in [6.45, 7) is 1.42. The first-order chi connectivity index (χ1) is 7.67. The number of benzene rings is 1. The molecule has 0 aliphatic heterocycles. The minimum Gasteiger partial charge on any atom is -0.395 e. The van der Waals surface area contributed by atoms with Crippen LogP contribution in [0.4, 0.5) is 0 Å². The summed E-state index contributed by atoms with van der Waals surface area (Å²) in [6.07, 6.45) is 0. The fourth-order valence-corrected chi connectivity index (χ4v) is 1.46. The van der Waals surface area contributed by atoms with Gasteiger partial charge in [0.2, 0.25) is 0 Å². The Bertz CT molecular complexity index is 355. The maximum Gasteiger partial charge on any atom is 0.265 e. The van der Waals surface area contributed by atoms with Crippen molar-refractivity contribution in [3.05, 3.63) is 35.4 Å². The zero-order chi connectivity index (χ0) is 12.0. The molecule has 1 amide bonds. The van der Waals surface area contributed by atoms with E-state index in [1.807, 2.05) is 24.1 Å². The second-order valence-electron chi connectivity index (χ2n) is 3.64.